The van der Waals surface area contributed by atoms with Crippen LogP contribution in [0.5, 0.6) is 5.75 Å². The van der Waals surface area contributed by atoms with Gasteiger partial charge in [0.1, 0.15) is 0 Å². The van der Waals surface area contributed by atoms with Gasteiger partial charge in [-0.05, 0) is 36.8 Å². The van der Waals surface area contributed by atoms with E-state index in [0.717, 1.165) is 12.0 Å². The third-order valence-electron chi connectivity index (χ3n) is 2.19. The van der Waals surface area contributed by atoms with Crippen molar-refractivity contribution >= 4 is 11.3 Å². The molecule has 78 valence electrons. The number of hydrogen-bond acceptors (Lipinski definition) is 2. The predicted octanol–water partition coefficient (Wildman–Crippen LogP) is 3.49. The van der Waals surface area contributed by atoms with Gasteiger partial charge in [0.05, 0.1) is 0 Å². The minimum atomic E-state index is -0.555. The zero-order valence-electron chi connectivity index (χ0n) is 8.33. The van der Waals surface area contributed by atoms with E-state index in [-0.39, 0.29) is 5.75 Å². The average molecular weight is 222 g/mol. The number of aromatic hydroxyl groups is 1. The minimum Gasteiger partial charge on any atom is -0.505 e. The zero-order chi connectivity index (χ0) is 10.8. The summed E-state index contributed by atoms with van der Waals surface area (Å²) < 4.78 is 13.0. The molecule has 3 heteroatoms. The zero-order valence-corrected chi connectivity index (χ0v) is 9.14. The molecule has 1 N–H and O–H groups in total. The molecule has 0 fully saturated rings. The van der Waals surface area contributed by atoms with Crippen LogP contribution in [0.4, 0.5) is 4.39 Å². The van der Waals surface area contributed by atoms with Crippen molar-refractivity contribution in [3.63, 3.8) is 0 Å². The largest absolute Gasteiger partial charge is 0.505 e. The molecule has 0 saturated carbocycles. The summed E-state index contributed by atoms with van der Waals surface area (Å²) in [5, 5.41) is 9.04. The van der Waals surface area contributed by atoms with Crippen molar-refractivity contribution < 1.29 is 9.50 Å². The quantitative estimate of drug-likeness (QED) is 0.824. The molecule has 15 heavy (non-hydrogen) atoms. The summed E-state index contributed by atoms with van der Waals surface area (Å²) in [5.41, 5.74) is 0.882. The molecule has 1 aromatic carbocycles. The Morgan fingerprint density at radius 1 is 1.27 bits per heavy atom. The van der Waals surface area contributed by atoms with Crippen molar-refractivity contribution in [2.75, 3.05) is 0 Å². The second-order valence-corrected chi connectivity index (χ2v) is 4.85. The van der Waals surface area contributed by atoms with Gasteiger partial charge in [0.25, 0.3) is 0 Å². The predicted molar refractivity (Wildman–Crippen MR) is 59.9 cm³/mol. The first-order valence-corrected chi connectivity index (χ1v) is 5.49. The Hall–Kier alpha value is -1.35. The molecular weight excluding hydrogens is 211 g/mol. The maximum Gasteiger partial charge on any atom is 0.165 e. The maximum atomic E-state index is 13.0. The second kappa shape index (κ2) is 4.03. The molecule has 0 aliphatic heterocycles. The van der Waals surface area contributed by atoms with Gasteiger partial charge in [0.2, 0.25) is 0 Å². The van der Waals surface area contributed by atoms with Gasteiger partial charge in [0, 0.05) is 16.2 Å². The highest BCUT2D eigenvalue weighted by Gasteiger charge is 2.03. The molecule has 2 rings (SSSR count). The maximum absolute atomic E-state index is 13.0. The van der Waals surface area contributed by atoms with Crippen LogP contribution in [0, 0.1) is 12.7 Å². The Labute approximate surface area is 91.8 Å². The molecule has 0 amide bonds. The summed E-state index contributed by atoms with van der Waals surface area (Å²) in [7, 11) is 0. The first-order valence-electron chi connectivity index (χ1n) is 4.68. The fourth-order valence-electron chi connectivity index (χ4n) is 1.44. The van der Waals surface area contributed by atoms with E-state index in [4.69, 9.17) is 5.11 Å². The molecule has 0 unspecified atom stereocenters. The van der Waals surface area contributed by atoms with E-state index in [0.29, 0.717) is 0 Å². The molecule has 1 aromatic heterocycles. The molecular formula is C12H11FOS. The number of hydrogen-bond donors (Lipinski definition) is 1. The molecule has 1 heterocycles. The van der Waals surface area contributed by atoms with Crippen molar-refractivity contribution in [1.29, 1.82) is 0 Å². The summed E-state index contributed by atoms with van der Waals surface area (Å²) in [6.07, 6.45) is 0.718. The van der Waals surface area contributed by atoms with Crippen LogP contribution < -0.4 is 0 Å². The van der Waals surface area contributed by atoms with Crippen LogP contribution in [-0.4, -0.2) is 5.11 Å². The summed E-state index contributed by atoms with van der Waals surface area (Å²) >= 11 is 1.71. The van der Waals surface area contributed by atoms with Crippen LogP contribution in [-0.2, 0) is 6.42 Å². The molecule has 0 spiro atoms. The van der Waals surface area contributed by atoms with Crippen molar-refractivity contribution in [1.82, 2.24) is 0 Å². The average Bonchev–Trinajstić information content (AvgIpc) is 2.58. The van der Waals surface area contributed by atoms with E-state index < -0.39 is 5.82 Å². The van der Waals surface area contributed by atoms with Crippen LogP contribution in [0.15, 0.2) is 30.3 Å². The van der Waals surface area contributed by atoms with E-state index in [1.54, 1.807) is 17.4 Å². The molecule has 0 bridgehead atoms. The van der Waals surface area contributed by atoms with E-state index in [2.05, 4.69) is 6.07 Å². The highest BCUT2D eigenvalue weighted by Crippen LogP contribution is 2.22. The van der Waals surface area contributed by atoms with Crippen molar-refractivity contribution in [3.05, 3.63) is 51.5 Å². The standard InChI is InChI=1S/C12H11FOS/c1-8-2-4-10(15-8)6-9-3-5-12(14)11(13)7-9/h2-5,7,14H,6H2,1H3. The van der Waals surface area contributed by atoms with Crippen molar-refractivity contribution in [2.24, 2.45) is 0 Å². The Balaban J connectivity index is 2.21. The van der Waals surface area contributed by atoms with E-state index in [1.807, 2.05) is 13.0 Å². The monoisotopic (exact) mass is 222 g/mol. The minimum absolute atomic E-state index is 0.291. The lowest BCUT2D eigenvalue weighted by Gasteiger charge is -2.00. The fraction of sp³-hybridized carbons (Fsp3) is 0.167. The van der Waals surface area contributed by atoms with Crippen LogP contribution in [0.2, 0.25) is 0 Å². The van der Waals surface area contributed by atoms with Crippen LogP contribution in [0.1, 0.15) is 15.3 Å². The van der Waals surface area contributed by atoms with Crippen LogP contribution in [0.25, 0.3) is 0 Å². The number of halogens is 1. The lowest BCUT2D eigenvalue weighted by molar-refractivity contribution is 0.432. The molecule has 0 aliphatic rings. The third-order valence-corrected chi connectivity index (χ3v) is 3.19. The number of aryl methyl sites for hydroxylation is 1. The van der Waals surface area contributed by atoms with Gasteiger partial charge in [-0.1, -0.05) is 6.07 Å². The summed E-state index contributed by atoms with van der Waals surface area (Å²) in [6.45, 7) is 2.05. The number of benzene rings is 1. The van der Waals surface area contributed by atoms with Crippen molar-refractivity contribution in [3.8, 4) is 5.75 Å². The molecule has 2 aromatic rings. The number of phenolic OH excluding ortho intramolecular Hbond substituents is 1. The van der Waals surface area contributed by atoms with Gasteiger partial charge in [-0.3, -0.25) is 0 Å². The van der Waals surface area contributed by atoms with Crippen molar-refractivity contribution in [2.45, 2.75) is 13.3 Å². The Morgan fingerprint density at radius 2 is 2.07 bits per heavy atom. The smallest absolute Gasteiger partial charge is 0.165 e. The summed E-state index contributed by atoms with van der Waals surface area (Å²) in [6, 6.07) is 8.62. The lowest BCUT2D eigenvalue weighted by Crippen LogP contribution is -1.86. The fourth-order valence-corrected chi connectivity index (χ4v) is 2.37. The highest BCUT2D eigenvalue weighted by molar-refractivity contribution is 7.11. The first kappa shape index (κ1) is 10.2. The van der Waals surface area contributed by atoms with E-state index in [9.17, 15) is 4.39 Å². The topological polar surface area (TPSA) is 20.2 Å². The van der Waals surface area contributed by atoms with Crippen LogP contribution in [0.3, 0.4) is 0 Å². The van der Waals surface area contributed by atoms with Gasteiger partial charge < -0.3 is 5.11 Å². The molecule has 0 atom stereocenters. The van der Waals surface area contributed by atoms with Gasteiger partial charge in [-0.15, -0.1) is 11.3 Å². The van der Waals surface area contributed by atoms with Gasteiger partial charge in [0.15, 0.2) is 11.6 Å². The second-order valence-electron chi connectivity index (χ2n) is 3.47. The third kappa shape index (κ3) is 2.36. The number of phenols is 1. The molecule has 0 saturated heterocycles. The lowest BCUT2D eigenvalue weighted by atomic mass is 10.1. The van der Waals surface area contributed by atoms with Gasteiger partial charge in [-0.2, -0.15) is 0 Å². The molecule has 0 radical (unpaired) electrons. The number of rotatable bonds is 2. The highest BCUT2D eigenvalue weighted by atomic mass is 32.1. The SMILES string of the molecule is Cc1ccc(Cc2ccc(O)c(F)c2)s1. The van der Waals surface area contributed by atoms with E-state index in [1.165, 1.54) is 21.9 Å². The Bertz CT molecular complexity index is 476. The first-order chi connectivity index (χ1) is 7.15. The Morgan fingerprint density at radius 3 is 2.67 bits per heavy atom. The summed E-state index contributed by atoms with van der Waals surface area (Å²) in [5.74, 6) is -0.845. The van der Waals surface area contributed by atoms with Gasteiger partial charge in [-0.25, -0.2) is 4.39 Å². The molecule has 0 aliphatic carbocycles. The van der Waals surface area contributed by atoms with Crippen LogP contribution >= 0.6 is 11.3 Å². The van der Waals surface area contributed by atoms with Gasteiger partial charge >= 0.3 is 0 Å². The molecule has 1 nitrogen and oxygen atoms in total. The Kier molecular flexibility index (Phi) is 2.73. The summed E-state index contributed by atoms with van der Waals surface area (Å²) in [4.78, 5) is 2.46. The van der Waals surface area contributed by atoms with E-state index >= 15 is 0 Å². The number of thiophene rings is 1. The normalized spacial score (nSPS) is 10.5.